The molecule has 1 amide bonds. The third-order valence-corrected chi connectivity index (χ3v) is 8.70. The van der Waals surface area contributed by atoms with Crippen molar-refractivity contribution >= 4 is 32.6 Å². The van der Waals surface area contributed by atoms with Crippen molar-refractivity contribution in [2.45, 2.75) is 25.7 Å². The maximum Gasteiger partial charge on any atom is 0.255 e. The van der Waals surface area contributed by atoms with Gasteiger partial charge in [-0.1, -0.05) is 6.92 Å². The Kier molecular flexibility index (Phi) is 6.78. The van der Waals surface area contributed by atoms with Crippen molar-refractivity contribution in [2.24, 2.45) is 5.41 Å². The SMILES string of the molecule is CNC(=O)c1c(-c2ccc(Oc3ccc(F)cc3)cc2)oc2cc(N(CC3(C)COC3)S(C)(=O)=O)c(C3CC3)cc12. The lowest BCUT2D eigenvalue weighted by Crippen LogP contribution is -2.50. The molecule has 0 spiro atoms. The number of fused-ring (bicyclic) bond motifs is 1. The fourth-order valence-corrected chi connectivity index (χ4v) is 6.28. The number of carbonyl (C=O) groups is 1. The van der Waals surface area contributed by atoms with E-state index in [4.69, 9.17) is 13.9 Å². The summed E-state index contributed by atoms with van der Waals surface area (Å²) in [5.41, 5.74) is 2.66. The summed E-state index contributed by atoms with van der Waals surface area (Å²) in [5, 5.41) is 3.34. The molecule has 2 fully saturated rings. The number of furan rings is 1. The Hall–Kier alpha value is -3.89. The number of hydrogen-bond acceptors (Lipinski definition) is 6. The highest BCUT2D eigenvalue weighted by Gasteiger charge is 2.40. The van der Waals surface area contributed by atoms with Gasteiger partial charge < -0.3 is 19.2 Å². The van der Waals surface area contributed by atoms with E-state index < -0.39 is 10.0 Å². The first-order chi connectivity index (χ1) is 19.5. The summed E-state index contributed by atoms with van der Waals surface area (Å²) in [6.45, 7) is 3.30. The summed E-state index contributed by atoms with van der Waals surface area (Å²) in [4.78, 5) is 13.2. The van der Waals surface area contributed by atoms with Crippen LogP contribution in [0.5, 0.6) is 11.5 Å². The zero-order valence-corrected chi connectivity index (χ0v) is 23.9. The summed E-state index contributed by atoms with van der Waals surface area (Å²) >= 11 is 0. The molecule has 1 aliphatic carbocycles. The normalized spacial score (nSPS) is 16.3. The van der Waals surface area contributed by atoms with Gasteiger partial charge in [0.05, 0.1) is 30.7 Å². The van der Waals surface area contributed by atoms with Crippen LogP contribution in [0.4, 0.5) is 10.1 Å². The molecular weight excluding hydrogens is 547 g/mol. The number of anilines is 1. The Bertz CT molecular complexity index is 1720. The third-order valence-electron chi connectivity index (χ3n) is 7.57. The second-order valence-electron chi connectivity index (χ2n) is 11.2. The van der Waals surface area contributed by atoms with Crippen LogP contribution in [0.15, 0.2) is 65.1 Å². The minimum Gasteiger partial charge on any atom is -0.457 e. The number of halogens is 1. The number of sulfonamides is 1. The predicted molar refractivity (Wildman–Crippen MR) is 155 cm³/mol. The largest absolute Gasteiger partial charge is 0.457 e. The van der Waals surface area contributed by atoms with E-state index in [2.05, 4.69) is 5.32 Å². The van der Waals surface area contributed by atoms with E-state index in [0.29, 0.717) is 64.8 Å². The van der Waals surface area contributed by atoms with Gasteiger partial charge in [0.25, 0.3) is 5.91 Å². The van der Waals surface area contributed by atoms with Gasteiger partial charge >= 0.3 is 0 Å². The van der Waals surface area contributed by atoms with E-state index in [1.54, 1.807) is 49.5 Å². The Morgan fingerprint density at radius 2 is 1.71 bits per heavy atom. The second-order valence-corrected chi connectivity index (χ2v) is 13.1. The van der Waals surface area contributed by atoms with E-state index in [-0.39, 0.29) is 23.1 Å². The molecule has 0 bridgehead atoms. The lowest BCUT2D eigenvalue weighted by Gasteiger charge is -2.42. The van der Waals surface area contributed by atoms with Gasteiger partial charge in [0.1, 0.15) is 28.7 Å². The maximum absolute atomic E-state index is 13.2. The molecule has 0 atom stereocenters. The molecule has 1 saturated heterocycles. The quantitative estimate of drug-likeness (QED) is 0.259. The summed E-state index contributed by atoms with van der Waals surface area (Å²) in [5.74, 6) is 0.956. The van der Waals surface area contributed by atoms with Crippen LogP contribution in [0.25, 0.3) is 22.3 Å². The molecule has 41 heavy (non-hydrogen) atoms. The molecule has 2 aliphatic rings. The van der Waals surface area contributed by atoms with Crippen LogP contribution in [0.1, 0.15) is 41.6 Å². The van der Waals surface area contributed by atoms with Crippen LogP contribution in [-0.4, -0.2) is 47.4 Å². The molecule has 2 heterocycles. The molecule has 1 aliphatic heterocycles. The lowest BCUT2D eigenvalue weighted by atomic mass is 9.88. The number of rotatable bonds is 9. The molecule has 3 aromatic carbocycles. The number of amides is 1. The number of ether oxygens (including phenoxy) is 2. The molecule has 6 rings (SSSR count). The average molecular weight is 579 g/mol. The molecule has 1 aromatic heterocycles. The Morgan fingerprint density at radius 1 is 1.07 bits per heavy atom. The molecule has 0 radical (unpaired) electrons. The smallest absolute Gasteiger partial charge is 0.255 e. The van der Waals surface area contributed by atoms with Gasteiger partial charge in [-0.3, -0.25) is 9.10 Å². The first-order valence-electron chi connectivity index (χ1n) is 13.5. The predicted octanol–water partition coefficient (Wildman–Crippen LogP) is 6.07. The van der Waals surface area contributed by atoms with Crippen LogP contribution in [-0.2, 0) is 14.8 Å². The standard InChI is InChI=1S/C31H31FN2O6S/c1-31(17-38-18-31)16-34(41(3,36)37)26-15-27-25(14-24(26)19-4-5-19)28(30(35)33-2)29(40-27)20-6-10-22(11-7-20)39-23-12-8-21(32)9-13-23/h6-15,19H,4-5,16-18H2,1-3H3,(H,33,35). The average Bonchev–Trinajstić information content (AvgIpc) is 3.71. The first kappa shape index (κ1) is 27.3. The Labute approximate surface area is 238 Å². The van der Waals surface area contributed by atoms with Gasteiger partial charge in [-0.2, -0.15) is 0 Å². The van der Waals surface area contributed by atoms with Crippen LogP contribution >= 0.6 is 0 Å². The second kappa shape index (κ2) is 10.2. The lowest BCUT2D eigenvalue weighted by molar-refractivity contribution is -0.0940. The van der Waals surface area contributed by atoms with Gasteiger partial charge in [0.15, 0.2) is 0 Å². The number of nitrogens with one attached hydrogen (secondary N) is 1. The molecule has 10 heteroatoms. The van der Waals surface area contributed by atoms with Crippen molar-refractivity contribution in [1.82, 2.24) is 5.32 Å². The fourth-order valence-electron chi connectivity index (χ4n) is 5.22. The van der Waals surface area contributed by atoms with Crippen molar-refractivity contribution in [3.05, 3.63) is 77.6 Å². The van der Waals surface area contributed by atoms with Gasteiger partial charge in [0, 0.05) is 36.0 Å². The number of benzene rings is 3. The van der Waals surface area contributed by atoms with Gasteiger partial charge in [-0.15, -0.1) is 0 Å². The van der Waals surface area contributed by atoms with E-state index >= 15 is 0 Å². The van der Waals surface area contributed by atoms with Crippen LogP contribution in [0.3, 0.4) is 0 Å². The minimum atomic E-state index is -3.61. The Balaban J connectivity index is 1.44. The van der Waals surface area contributed by atoms with Crippen molar-refractivity contribution in [1.29, 1.82) is 0 Å². The van der Waals surface area contributed by atoms with E-state index in [9.17, 15) is 17.6 Å². The van der Waals surface area contributed by atoms with E-state index in [1.165, 1.54) is 22.7 Å². The maximum atomic E-state index is 13.2. The van der Waals surface area contributed by atoms with Gasteiger partial charge in [-0.25, -0.2) is 12.8 Å². The van der Waals surface area contributed by atoms with Crippen molar-refractivity contribution in [2.75, 3.05) is 37.4 Å². The molecular formula is C31H31FN2O6S. The minimum absolute atomic E-state index is 0.211. The zero-order valence-electron chi connectivity index (χ0n) is 23.1. The molecule has 4 aromatic rings. The van der Waals surface area contributed by atoms with Crippen LogP contribution in [0, 0.1) is 11.2 Å². The molecule has 214 valence electrons. The molecule has 1 N–H and O–H groups in total. The summed E-state index contributed by atoms with van der Waals surface area (Å²) in [6.07, 6.45) is 3.12. The van der Waals surface area contributed by atoms with Crippen LogP contribution < -0.4 is 14.4 Å². The van der Waals surface area contributed by atoms with E-state index in [0.717, 1.165) is 18.4 Å². The van der Waals surface area contributed by atoms with Crippen molar-refractivity contribution in [3.63, 3.8) is 0 Å². The number of nitrogens with zero attached hydrogens (tertiary/aromatic N) is 1. The van der Waals surface area contributed by atoms with E-state index in [1.807, 2.05) is 13.0 Å². The molecule has 0 unspecified atom stereocenters. The summed E-state index contributed by atoms with van der Waals surface area (Å²) in [7, 11) is -2.05. The topological polar surface area (TPSA) is 98.1 Å². The fraction of sp³-hybridized carbons (Fsp3) is 0.323. The summed E-state index contributed by atoms with van der Waals surface area (Å²) in [6, 6.07) is 16.5. The highest BCUT2D eigenvalue weighted by atomic mass is 32.2. The molecule has 8 nitrogen and oxygen atoms in total. The van der Waals surface area contributed by atoms with Crippen molar-refractivity contribution < 1.29 is 31.5 Å². The monoisotopic (exact) mass is 578 g/mol. The third kappa shape index (κ3) is 5.41. The van der Waals surface area contributed by atoms with Crippen LogP contribution in [0.2, 0.25) is 0 Å². The Morgan fingerprint density at radius 3 is 2.24 bits per heavy atom. The number of carbonyl (C=O) groups excluding carboxylic acids is 1. The summed E-state index contributed by atoms with van der Waals surface area (Å²) < 4.78 is 58.4. The highest BCUT2D eigenvalue weighted by molar-refractivity contribution is 7.92. The zero-order chi connectivity index (χ0) is 28.9. The van der Waals surface area contributed by atoms with Crippen molar-refractivity contribution in [3.8, 4) is 22.8 Å². The first-order valence-corrected chi connectivity index (χ1v) is 15.3. The number of hydrogen-bond donors (Lipinski definition) is 1. The van der Waals surface area contributed by atoms with Gasteiger partial charge in [0.2, 0.25) is 10.0 Å². The van der Waals surface area contributed by atoms with Gasteiger partial charge in [-0.05, 0) is 78.9 Å². The molecule has 1 saturated carbocycles. The highest BCUT2D eigenvalue weighted by Crippen LogP contribution is 2.48.